The minimum absolute atomic E-state index is 0.00682. The first kappa shape index (κ1) is 12.7. The molecule has 3 atom stereocenters. The first-order valence-corrected chi connectivity index (χ1v) is 8.37. The van der Waals surface area contributed by atoms with Crippen molar-refractivity contribution in [3.8, 4) is 5.75 Å². The second-order valence-corrected chi connectivity index (χ2v) is 7.05. The fourth-order valence-electron chi connectivity index (χ4n) is 3.79. The van der Waals surface area contributed by atoms with Crippen molar-refractivity contribution >= 4 is 32.7 Å². The van der Waals surface area contributed by atoms with Crippen molar-refractivity contribution < 1.29 is 14.6 Å². The number of aliphatic hydroxyl groups excluding tert-OH is 1. The molecule has 1 aromatic heterocycles. The van der Waals surface area contributed by atoms with Crippen molar-refractivity contribution in [3.05, 3.63) is 17.7 Å². The van der Waals surface area contributed by atoms with Gasteiger partial charge in [0.05, 0.1) is 35.0 Å². The van der Waals surface area contributed by atoms with Crippen LogP contribution in [-0.4, -0.2) is 40.9 Å². The highest BCUT2D eigenvalue weighted by Crippen LogP contribution is 2.40. The average Bonchev–Trinajstić information content (AvgIpc) is 3.22. The first-order chi connectivity index (χ1) is 10.7. The summed E-state index contributed by atoms with van der Waals surface area (Å²) in [5.41, 5.74) is 2.09. The summed E-state index contributed by atoms with van der Waals surface area (Å²) in [6, 6.07) is 3.68. The van der Waals surface area contributed by atoms with E-state index in [1.807, 2.05) is 12.1 Å². The fraction of sp³-hybridized carbons (Fsp3) is 0.467. The van der Waals surface area contributed by atoms with Gasteiger partial charge in [0.15, 0.2) is 5.13 Å². The summed E-state index contributed by atoms with van der Waals surface area (Å²) in [5.74, 6) is 0.907. The molecular weight excluding hydrogens is 302 g/mol. The quantitative estimate of drug-likeness (QED) is 0.839. The molecule has 1 saturated heterocycles. The predicted octanol–water partition coefficient (Wildman–Crippen LogP) is 1.65. The number of anilines is 1. The van der Waals surface area contributed by atoms with Gasteiger partial charge in [0.1, 0.15) is 5.75 Å². The molecule has 0 radical (unpaired) electrons. The number of ether oxygens (including phenoxy) is 1. The SMILES string of the molecule is O=C1N[C@H]2[C@H](O)CC[C@H]2N1c1nc2c3c(ccc2s1)OCC3. The number of aliphatic hydroxyl groups is 1. The second kappa shape index (κ2) is 4.33. The van der Waals surface area contributed by atoms with Crippen molar-refractivity contribution in [2.24, 2.45) is 0 Å². The summed E-state index contributed by atoms with van der Waals surface area (Å²) in [5, 5.41) is 13.6. The number of fused-ring (bicyclic) bond motifs is 4. The van der Waals surface area contributed by atoms with E-state index in [-0.39, 0.29) is 18.1 Å². The summed E-state index contributed by atoms with van der Waals surface area (Å²) >= 11 is 1.53. The van der Waals surface area contributed by atoms with E-state index in [1.54, 1.807) is 4.90 Å². The largest absolute Gasteiger partial charge is 0.493 e. The van der Waals surface area contributed by atoms with Crippen molar-refractivity contribution in [2.45, 2.75) is 37.5 Å². The normalized spacial score (nSPS) is 29.6. The van der Waals surface area contributed by atoms with Crippen LogP contribution in [0.2, 0.25) is 0 Å². The van der Waals surface area contributed by atoms with Crippen molar-refractivity contribution in [3.63, 3.8) is 0 Å². The number of carbonyl (C=O) groups excluding carboxylic acids is 1. The molecule has 1 aromatic carbocycles. The van der Waals surface area contributed by atoms with Crippen molar-refractivity contribution in [1.29, 1.82) is 0 Å². The van der Waals surface area contributed by atoms with Gasteiger partial charge in [0.2, 0.25) is 0 Å². The zero-order chi connectivity index (χ0) is 14.8. The van der Waals surface area contributed by atoms with Gasteiger partial charge in [-0.3, -0.25) is 4.90 Å². The molecule has 2 aliphatic heterocycles. The fourth-order valence-corrected chi connectivity index (χ4v) is 4.84. The molecule has 7 heteroatoms. The number of nitrogens with one attached hydrogen (secondary N) is 1. The number of aromatic nitrogens is 1. The summed E-state index contributed by atoms with van der Waals surface area (Å²) in [4.78, 5) is 18.7. The molecule has 3 aliphatic rings. The minimum atomic E-state index is -0.453. The number of hydrogen-bond acceptors (Lipinski definition) is 5. The Balaban J connectivity index is 1.61. The van der Waals surface area contributed by atoms with Crippen LogP contribution in [0.1, 0.15) is 18.4 Å². The first-order valence-electron chi connectivity index (χ1n) is 7.55. The van der Waals surface area contributed by atoms with Gasteiger partial charge in [0, 0.05) is 12.0 Å². The van der Waals surface area contributed by atoms with Crippen LogP contribution in [0.4, 0.5) is 9.93 Å². The summed E-state index contributed by atoms with van der Waals surface area (Å²) in [6.45, 7) is 0.697. The molecule has 0 unspecified atom stereocenters. The van der Waals surface area contributed by atoms with Gasteiger partial charge in [-0.05, 0) is 25.0 Å². The number of thiazole rings is 1. The molecule has 2 fully saturated rings. The molecule has 22 heavy (non-hydrogen) atoms. The van der Waals surface area contributed by atoms with Crippen LogP contribution in [0.15, 0.2) is 12.1 Å². The number of rotatable bonds is 1. The van der Waals surface area contributed by atoms with E-state index in [1.165, 1.54) is 11.3 Å². The Labute approximate surface area is 130 Å². The highest BCUT2D eigenvalue weighted by atomic mass is 32.1. The third-order valence-electron chi connectivity index (χ3n) is 4.86. The van der Waals surface area contributed by atoms with Gasteiger partial charge in [-0.25, -0.2) is 9.78 Å². The van der Waals surface area contributed by atoms with Gasteiger partial charge in [-0.15, -0.1) is 0 Å². The lowest BCUT2D eigenvalue weighted by atomic mass is 10.1. The van der Waals surface area contributed by atoms with Crippen LogP contribution in [0, 0.1) is 0 Å². The molecule has 2 amide bonds. The maximum atomic E-state index is 12.3. The molecule has 5 rings (SSSR count). The number of benzene rings is 1. The highest BCUT2D eigenvalue weighted by Gasteiger charge is 2.48. The lowest BCUT2D eigenvalue weighted by molar-refractivity contribution is 0.155. The molecule has 0 bridgehead atoms. The molecule has 1 aliphatic carbocycles. The van der Waals surface area contributed by atoms with Gasteiger partial charge in [0.25, 0.3) is 0 Å². The maximum absolute atomic E-state index is 12.3. The second-order valence-electron chi connectivity index (χ2n) is 6.04. The Hall–Kier alpha value is -1.86. The Bertz CT molecular complexity index is 790. The van der Waals surface area contributed by atoms with Gasteiger partial charge < -0.3 is 15.2 Å². The smallest absolute Gasteiger partial charge is 0.324 e. The lowest BCUT2D eigenvalue weighted by Crippen LogP contribution is -2.37. The summed E-state index contributed by atoms with van der Waals surface area (Å²) < 4.78 is 6.66. The van der Waals surface area contributed by atoms with E-state index in [2.05, 4.69) is 5.32 Å². The van der Waals surface area contributed by atoms with E-state index in [4.69, 9.17) is 9.72 Å². The van der Waals surface area contributed by atoms with Crippen LogP contribution < -0.4 is 15.0 Å². The minimum Gasteiger partial charge on any atom is -0.493 e. The van der Waals surface area contributed by atoms with Crippen LogP contribution >= 0.6 is 11.3 Å². The van der Waals surface area contributed by atoms with Gasteiger partial charge in [-0.2, -0.15) is 0 Å². The Morgan fingerprint density at radius 2 is 2.32 bits per heavy atom. The Kier molecular flexibility index (Phi) is 2.49. The van der Waals surface area contributed by atoms with Crippen LogP contribution in [0.25, 0.3) is 10.2 Å². The van der Waals surface area contributed by atoms with Gasteiger partial charge >= 0.3 is 6.03 Å². The molecule has 114 valence electrons. The Morgan fingerprint density at radius 3 is 3.23 bits per heavy atom. The lowest BCUT2D eigenvalue weighted by Gasteiger charge is -2.18. The number of urea groups is 1. The number of nitrogens with zero attached hydrogens (tertiary/aromatic N) is 2. The van der Waals surface area contributed by atoms with E-state index in [0.29, 0.717) is 6.61 Å². The molecule has 1 saturated carbocycles. The monoisotopic (exact) mass is 317 g/mol. The molecule has 2 aromatic rings. The Morgan fingerprint density at radius 1 is 1.41 bits per heavy atom. The molecule has 6 nitrogen and oxygen atoms in total. The topological polar surface area (TPSA) is 74.7 Å². The van der Waals surface area contributed by atoms with E-state index in [9.17, 15) is 9.90 Å². The van der Waals surface area contributed by atoms with E-state index < -0.39 is 6.10 Å². The molecule has 3 heterocycles. The standard InChI is InChI=1S/C15H15N3O3S/c19-9-2-1-8-13(9)16-14(20)18(8)15-17-12-7-5-6-21-10(7)3-4-11(12)22-15/h3-4,8-9,13,19H,1-2,5-6H2,(H,16,20)/t8-,9-,13-/m1/s1. The van der Waals surface area contributed by atoms with Crippen LogP contribution in [-0.2, 0) is 6.42 Å². The maximum Gasteiger partial charge on any atom is 0.324 e. The molecule has 2 N–H and O–H groups in total. The molecule has 0 spiro atoms. The highest BCUT2D eigenvalue weighted by molar-refractivity contribution is 7.22. The third-order valence-corrected chi connectivity index (χ3v) is 5.87. The zero-order valence-corrected chi connectivity index (χ0v) is 12.6. The van der Waals surface area contributed by atoms with Crippen molar-refractivity contribution in [1.82, 2.24) is 10.3 Å². The zero-order valence-electron chi connectivity index (χ0n) is 11.8. The van der Waals surface area contributed by atoms with Crippen molar-refractivity contribution in [2.75, 3.05) is 11.5 Å². The average molecular weight is 317 g/mol. The summed E-state index contributed by atoms with van der Waals surface area (Å²) in [6.07, 6.45) is 1.94. The van der Waals surface area contributed by atoms with Gasteiger partial charge in [-0.1, -0.05) is 11.3 Å². The van der Waals surface area contributed by atoms with Crippen LogP contribution in [0.5, 0.6) is 5.75 Å². The number of carbonyl (C=O) groups is 1. The van der Waals surface area contributed by atoms with Crippen LogP contribution in [0.3, 0.4) is 0 Å². The number of amides is 2. The van der Waals surface area contributed by atoms with E-state index >= 15 is 0 Å². The summed E-state index contributed by atoms with van der Waals surface area (Å²) in [7, 11) is 0. The number of hydrogen-bond donors (Lipinski definition) is 2. The predicted molar refractivity (Wildman–Crippen MR) is 82.6 cm³/mol. The molecular formula is C15H15N3O3S. The van der Waals surface area contributed by atoms with E-state index in [0.717, 1.165) is 45.9 Å². The third kappa shape index (κ3) is 1.58.